The van der Waals surface area contributed by atoms with Gasteiger partial charge in [0.2, 0.25) is 17.6 Å². The molecule has 1 saturated heterocycles. The number of benzene rings is 3. The fourth-order valence-corrected chi connectivity index (χ4v) is 5.58. The monoisotopic (exact) mass is 612 g/mol. The first kappa shape index (κ1) is 28.6. The SMILES string of the molecule is COc1ccc([C@H]2CCN(C(=O)/C=C/c3cc(Cl)ccc3-n3cnnn3)[C@@H]2C(=O)Nc2ccc3oc(C(=O)O)cc3c2)cc1. The zero-order chi connectivity index (χ0) is 30.8. The Hall–Kier alpha value is -5.49. The molecular formula is C31H25ClN6O6. The molecule has 0 unspecified atom stereocenters. The maximum absolute atomic E-state index is 13.9. The second kappa shape index (κ2) is 12.0. The zero-order valence-electron chi connectivity index (χ0n) is 23.3. The van der Waals surface area contributed by atoms with Gasteiger partial charge < -0.3 is 24.5 Å². The highest BCUT2D eigenvalue weighted by atomic mass is 35.5. The summed E-state index contributed by atoms with van der Waals surface area (Å²) in [6, 6.07) is 18.0. The van der Waals surface area contributed by atoms with E-state index >= 15 is 0 Å². The Kier molecular flexibility index (Phi) is 7.82. The van der Waals surface area contributed by atoms with E-state index in [0.717, 1.165) is 5.56 Å². The van der Waals surface area contributed by atoms with Crippen molar-refractivity contribution in [3.8, 4) is 11.4 Å². The van der Waals surface area contributed by atoms with Gasteiger partial charge in [-0.25, -0.2) is 4.79 Å². The fraction of sp³-hybridized carbons (Fsp3) is 0.161. The molecule has 1 aliphatic rings. The molecule has 2 atom stereocenters. The molecular weight excluding hydrogens is 588 g/mol. The third kappa shape index (κ3) is 5.75. The molecule has 0 aliphatic carbocycles. The number of carboxylic acid groups (broad SMARTS) is 1. The van der Waals surface area contributed by atoms with Crippen LogP contribution in [0.15, 0.2) is 83.6 Å². The number of rotatable bonds is 8. The van der Waals surface area contributed by atoms with Crippen molar-refractivity contribution in [3.63, 3.8) is 0 Å². The lowest BCUT2D eigenvalue weighted by Gasteiger charge is -2.27. The van der Waals surface area contributed by atoms with Crippen LogP contribution in [0.1, 0.15) is 34.0 Å². The lowest BCUT2D eigenvalue weighted by atomic mass is 9.91. The molecule has 13 heteroatoms. The number of hydrogen-bond donors (Lipinski definition) is 2. The number of tetrazole rings is 1. The number of hydrogen-bond acceptors (Lipinski definition) is 8. The summed E-state index contributed by atoms with van der Waals surface area (Å²) in [5.74, 6) is -1.76. The lowest BCUT2D eigenvalue weighted by molar-refractivity contribution is -0.133. The number of carbonyl (C=O) groups excluding carboxylic acids is 2. The third-order valence-corrected chi connectivity index (χ3v) is 7.71. The Labute approximate surface area is 255 Å². The highest BCUT2D eigenvalue weighted by Gasteiger charge is 2.42. The first-order valence-corrected chi connectivity index (χ1v) is 13.9. The number of anilines is 1. The molecule has 222 valence electrons. The van der Waals surface area contributed by atoms with E-state index in [1.807, 2.05) is 24.3 Å². The number of carbonyl (C=O) groups is 3. The molecule has 0 spiro atoms. The van der Waals surface area contributed by atoms with E-state index in [0.29, 0.717) is 51.6 Å². The Morgan fingerprint density at radius 2 is 1.91 bits per heavy atom. The third-order valence-electron chi connectivity index (χ3n) is 7.48. The summed E-state index contributed by atoms with van der Waals surface area (Å²) in [4.78, 5) is 40.4. The van der Waals surface area contributed by atoms with E-state index in [4.69, 9.17) is 20.8 Å². The maximum atomic E-state index is 13.9. The van der Waals surface area contributed by atoms with Crippen molar-refractivity contribution < 1.29 is 28.6 Å². The van der Waals surface area contributed by atoms with Gasteiger partial charge in [-0.05, 0) is 83.1 Å². The van der Waals surface area contributed by atoms with Crippen molar-refractivity contribution >= 4 is 52.1 Å². The molecule has 6 rings (SSSR count). The van der Waals surface area contributed by atoms with E-state index in [1.54, 1.807) is 54.5 Å². The molecule has 0 saturated carbocycles. The number of ether oxygens (including phenoxy) is 1. The van der Waals surface area contributed by atoms with Crippen molar-refractivity contribution in [3.05, 3.63) is 101 Å². The quantitative estimate of drug-likeness (QED) is 0.235. The average Bonchev–Trinajstić information content (AvgIpc) is 3.80. The van der Waals surface area contributed by atoms with Gasteiger partial charge in [0.05, 0.1) is 12.8 Å². The Morgan fingerprint density at radius 3 is 2.64 bits per heavy atom. The smallest absolute Gasteiger partial charge is 0.371 e. The molecule has 5 aromatic rings. The number of aromatic carboxylic acids is 1. The van der Waals surface area contributed by atoms with Crippen molar-refractivity contribution in [1.29, 1.82) is 0 Å². The largest absolute Gasteiger partial charge is 0.497 e. The predicted octanol–water partition coefficient (Wildman–Crippen LogP) is 4.81. The van der Waals surface area contributed by atoms with Crippen LogP contribution in [0.3, 0.4) is 0 Å². The van der Waals surface area contributed by atoms with Crippen LogP contribution >= 0.6 is 11.6 Å². The number of carboxylic acids is 1. The molecule has 0 bridgehead atoms. The summed E-state index contributed by atoms with van der Waals surface area (Å²) in [5.41, 5.74) is 2.93. The van der Waals surface area contributed by atoms with Crippen LogP contribution in [-0.4, -0.2) is 67.7 Å². The van der Waals surface area contributed by atoms with Crippen LogP contribution in [0.2, 0.25) is 5.02 Å². The average molecular weight is 613 g/mol. The van der Waals surface area contributed by atoms with Gasteiger partial charge in [-0.2, -0.15) is 4.68 Å². The fourth-order valence-electron chi connectivity index (χ4n) is 5.40. The number of halogens is 1. The van der Waals surface area contributed by atoms with E-state index in [2.05, 4.69) is 20.8 Å². The van der Waals surface area contributed by atoms with Crippen LogP contribution in [0, 0.1) is 0 Å². The van der Waals surface area contributed by atoms with Crippen LogP contribution in [0.4, 0.5) is 5.69 Å². The van der Waals surface area contributed by atoms with Gasteiger partial charge in [0.15, 0.2) is 0 Å². The maximum Gasteiger partial charge on any atom is 0.371 e. The highest BCUT2D eigenvalue weighted by Crippen LogP contribution is 2.36. The normalized spacial score (nSPS) is 16.5. The number of fused-ring (bicyclic) bond motifs is 1. The molecule has 2 N–H and O–H groups in total. The number of nitrogens with one attached hydrogen (secondary N) is 1. The van der Waals surface area contributed by atoms with Gasteiger partial charge in [0.1, 0.15) is 23.7 Å². The first-order chi connectivity index (χ1) is 21.3. The van der Waals surface area contributed by atoms with Crippen molar-refractivity contribution in [2.75, 3.05) is 19.0 Å². The molecule has 1 fully saturated rings. The standard InChI is InChI=1S/C31H25ClN6O6/c1-43-23-7-2-18(3-8-23)24-12-13-37(28(39)11-4-19-14-21(32)5-9-25(19)38-17-33-35-36-38)29(24)30(40)34-22-6-10-26-20(15-22)16-27(44-26)31(41)42/h2-11,14-17,24,29H,12-13H2,1H3,(H,34,40)(H,41,42)/b11-4+/t24-,29+/m1/s1. The summed E-state index contributed by atoms with van der Waals surface area (Å²) in [7, 11) is 1.58. The van der Waals surface area contributed by atoms with Crippen LogP contribution in [0.5, 0.6) is 5.75 Å². The molecule has 2 amide bonds. The number of furan rings is 1. The summed E-state index contributed by atoms with van der Waals surface area (Å²) < 4.78 is 12.1. The molecule has 0 radical (unpaired) electrons. The minimum atomic E-state index is -1.19. The molecule has 2 aromatic heterocycles. The number of likely N-dealkylation sites (tertiary alicyclic amines) is 1. The predicted molar refractivity (Wildman–Crippen MR) is 161 cm³/mol. The molecule has 3 heterocycles. The summed E-state index contributed by atoms with van der Waals surface area (Å²) in [5, 5.41) is 24.4. The Balaban J connectivity index is 1.30. The molecule has 3 aromatic carbocycles. The van der Waals surface area contributed by atoms with Gasteiger partial charge in [-0.15, -0.1) is 5.10 Å². The van der Waals surface area contributed by atoms with Crippen molar-refractivity contribution in [1.82, 2.24) is 25.1 Å². The van der Waals surface area contributed by atoms with Gasteiger partial charge in [-0.3, -0.25) is 9.59 Å². The van der Waals surface area contributed by atoms with E-state index < -0.39 is 12.0 Å². The topological polar surface area (TPSA) is 153 Å². The van der Waals surface area contributed by atoms with Crippen molar-refractivity contribution in [2.24, 2.45) is 0 Å². The lowest BCUT2D eigenvalue weighted by Crippen LogP contribution is -2.44. The summed E-state index contributed by atoms with van der Waals surface area (Å²) in [6.07, 6.45) is 5.01. The number of methoxy groups -OCH3 is 1. The van der Waals surface area contributed by atoms with Gasteiger partial charge in [0.25, 0.3) is 0 Å². The molecule has 1 aliphatic heterocycles. The number of nitrogens with zero attached hydrogens (tertiary/aromatic N) is 5. The zero-order valence-corrected chi connectivity index (χ0v) is 24.0. The Bertz CT molecular complexity index is 1890. The minimum absolute atomic E-state index is 0.203. The number of amides is 2. The second-order valence-corrected chi connectivity index (χ2v) is 10.5. The van der Waals surface area contributed by atoms with Crippen molar-refractivity contribution in [2.45, 2.75) is 18.4 Å². The molecule has 44 heavy (non-hydrogen) atoms. The van der Waals surface area contributed by atoms with Gasteiger partial charge in [0, 0.05) is 40.2 Å². The van der Waals surface area contributed by atoms with Crippen LogP contribution in [0.25, 0.3) is 22.7 Å². The molecule has 12 nitrogen and oxygen atoms in total. The van der Waals surface area contributed by atoms with E-state index in [-0.39, 0.29) is 23.5 Å². The van der Waals surface area contributed by atoms with Gasteiger partial charge >= 0.3 is 5.97 Å². The first-order valence-electron chi connectivity index (χ1n) is 13.5. The van der Waals surface area contributed by atoms with E-state index in [9.17, 15) is 19.5 Å². The summed E-state index contributed by atoms with van der Waals surface area (Å²) >= 11 is 6.24. The van der Waals surface area contributed by atoms with Crippen LogP contribution in [-0.2, 0) is 9.59 Å². The highest BCUT2D eigenvalue weighted by molar-refractivity contribution is 6.30. The number of aromatic nitrogens is 4. The summed E-state index contributed by atoms with van der Waals surface area (Å²) in [6.45, 7) is 0.343. The second-order valence-electron chi connectivity index (χ2n) is 10.1. The minimum Gasteiger partial charge on any atom is -0.497 e. The van der Waals surface area contributed by atoms with Crippen LogP contribution < -0.4 is 10.1 Å². The van der Waals surface area contributed by atoms with Gasteiger partial charge in [-0.1, -0.05) is 23.7 Å². The Morgan fingerprint density at radius 1 is 1.09 bits per heavy atom. The van der Waals surface area contributed by atoms with E-state index in [1.165, 1.54) is 23.2 Å².